The minimum atomic E-state index is 0.260. The van der Waals surface area contributed by atoms with Crippen LogP contribution >= 0.6 is 11.3 Å². The van der Waals surface area contributed by atoms with E-state index in [9.17, 15) is 0 Å². The van der Waals surface area contributed by atoms with Crippen LogP contribution in [0.3, 0.4) is 0 Å². The van der Waals surface area contributed by atoms with E-state index in [1.807, 2.05) is 25.9 Å². The fourth-order valence-corrected chi connectivity index (χ4v) is 2.70. The van der Waals surface area contributed by atoms with Crippen LogP contribution in [0.5, 0.6) is 0 Å². The van der Waals surface area contributed by atoms with Gasteiger partial charge in [-0.3, -0.25) is 0 Å². The van der Waals surface area contributed by atoms with Crippen molar-refractivity contribution in [2.24, 2.45) is 0 Å². The van der Waals surface area contributed by atoms with Crippen molar-refractivity contribution in [3.05, 3.63) is 22.4 Å². The summed E-state index contributed by atoms with van der Waals surface area (Å²) in [6, 6.07) is 4.48. The van der Waals surface area contributed by atoms with Crippen LogP contribution in [0.1, 0.15) is 18.7 Å². The molecule has 2 aromatic heterocycles. The molecule has 0 radical (unpaired) electrons. The van der Waals surface area contributed by atoms with E-state index in [-0.39, 0.29) is 6.04 Å². The van der Waals surface area contributed by atoms with Gasteiger partial charge in [0, 0.05) is 38.0 Å². The maximum Gasteiger partial charge on any atom is 0.231 e. The second-order valence-electron chi connectivity index (χ2n) is 5.04. The van der Waals surface area contributed by atoms with E-state index in [1.165, 1.54) is 4.88 Å². The molecule has 1 atom stereocenters. The van der Waals surface area contributed by atoms with E-state index in [0.29, 0.717) is 17.8 Å². The normalized spacial score (nSPS) is 12.0. The van der Waals surface area contributed by atoms with Gasteiger partial charge in [-0.05, 0) is 25.3 Å². The van der Waals surface area contributed by atoms with Crippen LogP contribution in [0.25, 0.3) is 0 Å². The highest BCUT2D eigenvalue weighted by molar-refractivity contribution is 7.09. The predicted molar refractivity (Wildman–Crippen MR) is 89.4 cm³/mol. The molecule has 7 heteroatoms. The number of hydrogen-bond acceptors (Lipinski definition) is 7. The highest BCUT2D eigenvalue weighted by Gasteiger charge is 2.11. The van der Waals surface area contributed by atoms with Crippen molar-refractivity contribution in [2.75, 3.05) is 36.2 Å². The second-order valence-corrected chi connectivity index (χ2v) is 6.07. The third-order valence-corrected chi connectivity index (χ3v) is 3.72. The predicted octanol–water partition coefficient (Wildman–Crippen LogP) is 2.47. The molecule has 0 saturated heterocycles. The Morgan fingerprint density at radius 1 is 1.24 bits per heavy atom. The zero-order valence-electron chi connectivity index (χ0n) is 12.9. The lowest BCUT2D eigenvalue weighted by molar-refractivity contribution is 0.782. The molecule has 0 aliphatic carbocycles. The minimum Gasteiger partial charge on any atom is -0.354 e. The number of thiophene rings is 1. The van der Waals surface area contributed by atoms with Crippen LogP contribution in [0.15, 0.2) is 17.5 Å². The Hall–Kier alpha value is -1.89. The van der Waals surface area contributed by atoms with Crippen LogP contribution in [0.2, 0.25) is 0 Å². The smallest absolute Gasteiger partial charge is 0.231 e. The van der Waals surface area contributed by atoms with Crippen LogP contribution in [-0.4, -0.2) is 41.6 Å². The highest BCUT2D eigenvalue weighted by Crippen LogP contribution is 2.15. The highest BCUT2D eigenvalue weighted by atomic mass is 32.1. The molecule has 2 N–H and O–H groups in total. The number of anilines is 3. The Morgan fingerprint density at radius 2 is 2.00 bits per heavy atom. The van der Waals surface area contributed by atoms with Crippen molar-refractivity contribution in [1.29, 1.82) is 0 Å². The third-order valence-electron chi connectivity index (χ3n) is 2.82. The molecule has 114 valence electrons. The lowest BCUT2D eigenvalue weighted by Gasteiger charge is -2.16. The van der Waals surface area contributed by atoms with Crippen molar-refractivity contribution in [3.63, 3.8) is 0 Å². The average molecular weight is 306 g/mol. The Kier molecular flexibility index (Phi) is 5.32. The van der Waals surface area contributed by atoms with E-state index in [1.54, 1.807) is 11.3 Å². The van der Waals surface area contributed by atoms with E-state index < -0.39 is 0 Å². The largest absolute Gasteiger partial charge is 0.354 e. The first-order valence-corrected chi connectivity index (χ1v) is 7.92. The van der Waals surface area contributed by atoms with E-state index in [4.69, 9.17) is 0 Å². The van der Waals surface area contributed by atoms with Gasteiger partial charge in [-0.1, -0.05) is 6.07 Å². The summed E-state index contributed by atoms with van der Waals surface area (Å²) < 4.78 is 0. The monoisotopic (exact) mass is 306 g/mol. The average Bonchev–Trinajstić information content (AvgIpc) is 2.91. The summed E-state index contributed by atoms with van der Waals surface area (Å²) >= 11 is 1.77. The molecule has 6 nitrogen and oxygen atoms in total. The van der Waals surface area contributed by atoms with Gasteiger partial charge in [-0.25, -0.2) is 0 Å². The number of rotatable bonds is 7. The number of hydrogen-bond donors (Lipinski definition) is 2. The molecule has 0 saturated carbocycles. The van der Waals surface area contributed by atoms with Crippen molar-refractivity contribution >= 4 is 29.2 Å². The van der Waals surface area contributed by atoms with Crippen LogP contribution in [0, 0.1) is 0 Å². The first kappa shape index (κ1) is 15.5. The summed E-state index contributed by atoms with van der Waals surface area (Å²) in [5.41, 5.74) is 0. The SMILES string of the molecule is CCNc1nc(NC(C)Cc2cccs2)nc(N(C)C)n1. The van der Waals surface area contributed by atoms with Gasteiger partial charge in [0.25, 0.3) is 0 Å². The van der Waals surface area contributed by atoms with Gasteiger partial charge in [-0.2, -0.15) is 15.0 Å². The fraction of sp³-hybridized carbons (Fsp3) is 0.500. The lowest BCUT2D eigenvalue weighted by Crippen LogP contribution is -2.22. The molecule has 21 heavy (non-hydrogen) atoms. The van der Waals surface area contributed by atoms with Crippen LogP contribution in [0.4, 0.5) is 17.8 Å². The molecule has 1 unspecified atom stereocenters. The van der Waals surface area contributed by atoms with Gasteiger partial charge in [-0.15, -0.1) is 11.3 Å². The fourth-order valence-electron chi connectivity index (χ4n) is 1.87. The topological polar surface area (TPSA) is 66.0 Å². The Morgan fingerprint density at radius 3 is 2.62 bits per heavy atom. The van der Waals surface area contributed by atoms with Gasteiger partial charge < -0.3 is 15.5 Å². The Bertz CT molecular complexity index is 555. The molecule has 2 heterocycles. The van der Waals surface area contributed by atoms with Crippen molar-refractivity contribution in [2.45, 2.75) is 26.3 Å². The van der Waals surface area contributed by atoms with Gasteiger partial charge in [0.05, 0.1) is 0 Å². The molecule has 0 fully saturated rings. The molecular formula is C14H22N6S. The minimum absolute atomic E-state index is 0.260. The third kappa shape index (κ3) is 4.56. The summed E-state index contributed by atoms with van der Waals surface area (Å²) in [4.78, 5) is 16.4. The summed E-state index contributed by atoms with van der Waals surface area (Å²) in [6.45, 7) is 4.93. The zero-order valence-corrected chi connectivity index (χ0v) is 13.7. The quantitative estimate of drug-likeness (QED) is 0.819. The molecule has 0 aliphatic heterocycles. The Balaban J connectivity index is 2.10. The summed E-state index contributed by atoms with van der Waals surface area (Å²) in [5.74, 6) is 1.85. The lowest BCUT2D eigenvalue weighted by atomic mass is 10.2. The maximum atomic E-state index is 4.44. The van der Waals surface area contributed by atoms with E-state index in [2.05, 4.69) is 50.0 Å². The summed E-state index contributed by atoms with van der Waals surface area (Å²) in [6.07, 6.45) is 0.956. The molecule has 0 bridgehead atoms. The molecule has 2 rings (SSSR count). The van der Waals surface area contributed by atoms with E-state index >= 15 is 0 Å². The Labute approximate surface area is 129 Å². The van der Waals surface area contributed by atoms with E-state index in [0.717, 1.165) is 13.0 Å². The second kappa shape index (κ2) is 7.21. The van der Waals surface area contributed by atoms with Crippen LogP contribution < -0.4 is 15.5 Å². The summed E-state index contributed by atoms with van der Waals surface area (Å²) in [5, 5.41) is 8.58. The molecule has 0 aliphatic rings. The zero-order chi connectivity index (χ0) is 15.2. The van der Waals surface area contributed by atoms with Crippen molar-refractivity contribution in [1.82, 2.24) is 15.0 Å². The van der Waals surface area contributed by atoms with Gasteiger partial charge in [0.1, 0.15) is 0 Å². The van der Waals surface area contributed by atoms with Gasteiger partial charge in [0.2, 0.25) is 17.8 Å². The molecule has 0 spiro atoms. The molecule has 0 amide bonds. The number of aromatic nitrogens is 3. The molecule has 2 aromatic rings. The van der Waals surface area contributed by atoms with Gasteiger partial charge in [0.15, 0.2) is 0 Å². The van der Waals surface area contributed by atoms with Crippen molar-refractivity contribution < 1.29 is 0 Å². The van der Waals surface area contributed by atoms with Crippen molar-refractivity contribution in [3.8, 4) is 0 Å². The molecule has 0 aromatic carbocycles. The first-order valence-electron chi connectivity index (χ1n) is 7.04. The molecular weight excluding hydrogens is 284 g/mol. The number of nitrogens with one attached hydrogen (secondary N) is 2. The summed E-state index contributed by atoms with van der Waals surface area (Å²) in [7, 11) is 3.84. The number of nitrogens with zero attached hydrogens (tertiary/aromatic N) is 4. The maximum absolute atomic E-state index is 4.44. The first-order chi connectivity index (χ1) is 10.1. The standard InChI is InChI=1S/C14H22N6S/c1-5-15-12-17-13(19-14(18-12)20(3)4)16-10(2)9-11-7-6-8-21-11/h6-8,10H,5,9H2,1-4H3,(H2,15,16,17,18,19). The van der Waals surface area contributed by atoms with Gasteiger partial charge >= 0.3 is 0 Å². The van der Waals surface area contributed by atoms with Crippen LogP contribution in [-0.2, 0) is 6.42 Å².